The molecular weight excluding hydrogens is 417 g/mol. The van der Waals surface area contributed by atoms with Crippen LogP contribution in [0.3, 0.4) is 0 Å². The van der Waals surface area contributed by atoms with Gasteiger partial charge in [0.05, 0.1) is 7.11 Å². The zero-order valence-electron chi connectivity index (χ0n) is 13.6. The van der Waals surface area contributed by atoms with Gasteiger partial charge in [0.25, 0.3) is 5.91 Å². The Morgan fingerprint density at radius 2 is 1.77 bits per heavy atom. The first-order valence-corrected chi connectivity index (χ1v) is 8.98. The van der Waals surface area contributed by atoms with Crippen LogP contribution in [0.15, 0.2) is 54.6 Å². The molecule has 0 spiro atoms. The van der Waals surface area contributed by atoms with Crippen molar-refractivity contribution in [3.63, 3.8) is 0 Å². The van der Waals surface area contributed by atoms with E-state index < -0.39 is 15.9 Å². The van der Waals surface area contributed by atoms with Crippen molar-refractivity contribution in [3.8, 4) is 5.75 Å². The third-order valence-corrected chi connectivity index (χ3v) is 4.12. The number of carbonyl (C=O) groups is 1. The lowest BCUT2D eigenvalue weighted by Crippen LogP contribution is -2.56. The van der Waals surface area contributed by atoms with E-state index in [4.69, 9.17) is 51.8 Å². The van der Waals surface area contributed by atoms with E-state index >= 15 is 0 Å². The van der Waals surface area contributed by atoms with Crippen LogP contribution in [0.25, 0.3) is 0 Å². The number of benzene rings is 2. The molecule has 0 aromatic heterocycles. The van der Waals surface area contributed by atoms with Crippen molar-refractivity contribution < 1.29 is 9.53 Å². The predicted octanol–water partition coefficient (Wildman–Crippen LogP) is 4.11. The van der Waals surface area contributed by atoms with Crippen LogP contribution in [0.1, 0.15) is 10.4 Å². The van der Waals surface area contributed by atoms with E-state index in [-0.39, 0.29) is 5.11 Å². The molecule has 0 aliphatic carbocycles. The number of carbonyl (C=O) groups excluding carboxylic acids is 1. The van der Waals surface area contributed by atoms with Crippen molar-refractivity contribution in [3.05, 3.63) is 60.2 Å². The Hall–Kier alpha value is -1.73. The summed E-state index contributed by atoms with van der Waals surface area (Å²) < 4.78 is 3.32. The van der Waals surface area contributed by atoms with Gasteiger partial charge < -0.3 is 20.7 Å². The number of hydrogen-bond acceptors (Lipinski definition) is 3. The fourth-order valence-electron chi connectivity index (χ4n) is 2.00. The van der Waals surface area contributed by atoms with Crippen molar-refractivity contribution >= 4 is 63.7 Å². The normalized spacial score (nSPS) is 12.0. The van der Waals surface area contributed by atoms with Crippen molar-refractivity contribution in [1.29, 1.82) is 0 Å². The molecule has 0 unspecified atom stereocenters. The summed E-state index contributed by atoms with van der Waals surface area (Å²) in [4.78, 5) is 12.3. The van der Waals surface area contributed by atoms with Crippen LogP contribution in [0, 0.1) is 0 Å². The summed E-state index contributed by atoms with van der Waals surface area (Å²) in [6.45, 7) is 0. The number of thiocarbonyl (C=S) groups is 1. The molecule has 1 atom stereocenters. The molecule has 3 N–H and O–H groups in total. The van der Waals surface area contributed by atoms with Crippen molar-refractivity contribution in [1.82, 2.24) is 10.6 Å². The van der Waals surface area contributed by atoms with Gasteiger partial charge in [0.2, 0.25) is 3.79 Å². The van der Waals surface area contributed by atoms with Crippen molar-refractivity contribution in [2.75, 3.05) is 12.4 Å². The van der Waals surface area contributed by atoms with Gasteiger partial charge >= 0.3 is 0 Å². The van der Waals surface area contributed by atoms with E-state index in [1.54, 1.807) is 61.7 Å². The smallest absolute Gasteiger partial charge is 0.252 e. The molecule has 0 bridgehead atoms. The molecule has 138 valence electrons. The van der Waals surface area contributed by atoms with Crippen LogP contribution < -0.4 is 20.7 Å². The van der Waals surface area contributed by atoms with Gasteiger partial charge in [-0.25, -0.2) is 0 Å². The first-order valence-electron chi connectivity index (χ1n) is 7.44. The maximum atomic E-state index is 12.3. The van der Waals surface area contributed by atoms with E-state index in [1.165, 1.54) is 0 Å². The minimum Gasteiger partial charge on any atom is -0.497 e. The molecule has 26 heavy (non-hydrogen) atoms. The fraction of sp³-hybridized carbons (Fsp3) is 0.176. The second kappa shape index (κ2) is 9.28. The maximum Gasteiger partial charge on any atom is 0.252 e. The van der Waals surface area contributed by atoms with Crippen LogP contribution in [0.2, 0.25) is 0 Å². The maximum absolute atomic E-state index is 12.3. The minimum atomic E-state index is -1.83. The number of rotatable bonds is 5. The molecule has 1 amide bonds. The largest absolute Gasteiger partial charge is 0.497 e. The quantitative estimate of drug-likeness (QED) is 0.377. The lowest BCUT2D eigenvalue weighted by Gasteiger charge is -2.27. The number of hydrogen-bond donors (Lipinski definition) is 3. The first kappa shape index (κ1) is 20.6. The summed E-state index contributed by atoms with van der Waals surface area (Å²) in [6.07, 6.45) is -1.05. The number of amides is 1. The number of ether oxygens (including phenoxy) is 1. The van der Waals surface area contributed by atoms with Crippen LogP contribution in [0.4, 0.5) is 5.69 Å². The molecule has 0 heterocycles. The molecule has 0 aliphatic rings. The van der Waals surface area contributed by atoms with Crippen molar-refractivity contribution in [2.45, 2.75) is 9.96 Å². The van der Waals surface area contributed by atoms with E-state index in [0.29, 0.717) is 17.0 Å². The first-order chi connectivity index (χ1) is 12.3. The highest BCUT2D eigenvalue weighted by Gasteiger charge is 2.34. The molecule has 9 heteroatoms. The minimum absolute atomic E-state index is 0.169. The van der Waals surface area contributed by atoms with E-state index in [2.05, 4.69) is 16.0 Å². The van der Waals surface area contributed by atoms with E-state index in [9.17, 15) is 4.79 Å². The monoisotopic (exact) mass is 431 g/mol. The summed E-state index contributed by atoms with van der Waals surface area (Å²) in [5.41, 5.74) is 1.11. The number of methoxy groups -OCH3 is 1. The molecule has 0 saturated heterocycles. The van der Waals surface area contributed by atoms with Crippen LogP contribution in [-0.2, 0) is 0 Å². The lowest BCUT2D eigenvalue weighted by atomic mass is 10.2. The summed E-state index contributed by atoms with van der Waals surface area (Å²) >= 11 is 23.2. The standard InChI is InChI=1S/C17H16Cl3N3O2S/c1-25-13-9-5-8-12(10-13)21-16(26)23-15(17(18,19)20)22-14(24)11-6-3-2-4-7-11/h2-10,15H,1H3,(H,22,24)(H2,21,23,26)/t15-/m0/s1. The van der Waals surface area contributed by atoms with Crippen LogP contribution in [0.5, 0.6) is 5.75 Å². The highest BCUT2D eigenvalue weighted by molar-refractivity contribution is 7.80. The molecule has 0 saturated carbocycles. The Kier molecular flexibility index (Phi) is 7.34. The molecule has 2 aromatic carbocycles. The fourth-order valence-corrected chi connectivity index (χ4v) is 2.57. The molecule has 0 aliphatic heterocycles. The molecule has 0 fully saturated rings. The van der Waals surface area contributed by atoms with Gasteiger partial charge in [-0.1, -0.05) is 59.1 Å². The second-order valence-electron chi connectivity index (χ2n) is 5.14. The highest BCUT2D eigenvalue weighted by Crippen LogP contribution is 2.29. The lowest BCUT2D eigenvalue weighted by molar-refractivity contribution is 0.0934. The average Bonchev–Trinajstić information content (AvgIpc) is 2.61. The van der Waals surface area contributed by atoms with Gasteiger partial charge in [0, 0.05) is 17.3 Å². The van der Waals surface area contributed by atoms with Gasteiger partial charge in [-0.2, -0.15) is 0 Å². The van der Waals surface area contributed by atoms with Gasteiger partial charge in [0.1, 0.15) is 11.9 Å². The van der Waals surface area contributed by atoms with Gasteiger partial charge in [-0.15, -0.1) is 0 Å². The molecule has 2 aromatic rings. The summed E-state index contributed by atoms with van der Waals surface area (Å²) in [5.74, 6) is 0.256. The Bertz CT molecular complexity index is 769. The summed E-state index contributed by atoms with van der Waals surface area (Å²) in [5, 5.41) is 8.52. The molecule has 2 rings (SSSR count). The van der Waals surface area contributed by atoms with E-state index in [1.807, 2.05) is 0 Å². The second-order valence-corrected chi connectivity index (χ2v) is 7.92. The zero-order valence-corrected chi connectivity index (χ0v) is 16.7. The number of alkyl halides is 3. The summed E-state index contributed by atoms with van der Waals surface area (Å²) in [7, 11) is 1.56. The molecule has 5 nitrogen and oxygen atoms in total. The SMILES string of the molecule is COc1cccc(NC(=S)N[C@H](NC(=O)c2ccccc2)C(Cl)(Cl)Cl)c1. The summed E-state index contributed by atoms with van der Waals surface area (Å²) in [6, 6.07) is 15.7. The van der Waals surface area contributed by atoms with E-state index in [0.717, 1.165) is 0 Å². The number of nitrogens with one attached hydrogen (secondary N) is 3. The Morgan fingerprint density at radius 1 is 1.08 bits per heavy atom. The van der Waals surface area contributed by atoms with Gasteiger partial charge in [0.15, 0.2) is 5.11 Å². The van der Waals surface area contributed by atoms with Crippen LogP contribution >= 0.6 is 47.0 Å². The Labute approximate surface area is 172 Å². The molecular formula is C17H16Cl3N3O2S. The number of anilines is 1. The van der Waals surface area contributed by atoms with Crippen molar-refractivity contribution in [2.24, 2.45) is 0 Å². The Balaban J connectivity index is 2.05. The van der Waals surface area contributed by atoms with Gasteiger partial charge in [-0.05, 0) is 36.5 Å². The average molecular weight is 433 g/mol. The van der Waals surface area contributed by atoms with Gasteiger partial charge in [-0.3, -0.25) is 4.79 Å². The topological polar surface area (TPSA) is 62.4 Å². The third kappa shape index (κ3) is 6.21. The third-order valence-electron chi connectivity index (χ3n) is 3.24. The number of halogens is 3. The zero-order chi connectivity index (χ0) is 19.2. The van der Waals surface area contributed by atoms with Crippen LogP contribution in [-0.4, -0.2) is 28.1 Å². The Morgan fingerprint density at radius 3 is 2.38 bits per heavy atom. The predicted molar refractivity (Wildman–Crippen MR) is 110 cm³/mol. The molecule has 0 radical (unpaired) electrons. The highest BCUT2D eigenvalue weighted by atomic mass is 35.6.